The monoisotopic (exact) mass is 401 g/mol. The van der Waals surface area contributed by atoms with Crippen molar-refractivity contribution in [3.05, 3.63) is 45.7 Å². The Labute approximate surface area is 145 Å². The molecule has 1 amide bonds. The summed E-state index contributed by atoms with van der Waals surface area (Å²) in [7, 11) is 1.24. The lowest BCUT2D eigenvalue weighted by Crippen LogP contribution is -2.30. The third kappa shape index (κ3) is 4.97. The van der Waals surface area contributed by atoms with Crippen LogP contribution in [0, 0.1) is 0 Å². The minimum absolute atomic E-state index is 0.0889. The van der Waals surface area contributed by atoms with E-state index in [4.69, 9.17) is 16.3 Å². The van der Waals surface area contributed by atoms with Crippen molar-refractivity contribution < 1.29 is 19.1 Å². The normalized spacial score (nSPS) is 10.2. The molecular formula is C14H13BrClN3O4. The number of nitrogens with one attached hydrogen (secondary N) is 1. The summed E-state index contributed by atoms with van der Waals surface area (Å²) in [6.07, 6.45) is 1.58. The predicted molar refractivity (Wildman–Crippen MR) is 86.4 cm³/mol. The van der Waals surface area contributed by atoms with E-state index < -0.39 is 11.9 Å². The largest absolute Gasteiger partial charge is 0.470 e. The van der Waals surface area contributed by atoms with Crippen LogP contribution in [0.15, 0.2) is 34.9 Å². The molecule has 2 aromatic rings. The molecule has 9 heteroatoms. The second-order valence-electron chi connectivity index (χ2n) is 4.35. The molecule has 2 rings (SSSR count). The van der Waals surface area contributed by atoms with Crippen molar-refractivity contribution in [2.75, 3.05) is 13.7 Å². The van der Waals surface area contributed by atoms with Crippen LogP contribution in [-0.4, -0.2) is 35.3 Å². The summed E-state index contributed by atoms with van der Waals surface area (Å²) in [5.41, 5.74) is 0.166. The first kappa shape index (κ1) is 17.3. The average Bonchev–Trinajstić information content (AvgIpc) is 3.00. The molecule has 0 spiro atoms. The van der Waals surface area contributed by atoms with Gasteiger partial charge in [0, 0.05) is 10.7 Å². The first-order valence-electron chi connectivity index (χ1n) is 6.46. The maximum absolute atomic E-state index is 11.8. The molecule has 0 saturated carbocycles. The van der Waals surface area contributed by atoms with E-state index in [9.17, 15) is 9.59 Å². The Kier molecular flexibility index (Phi) is 6.00. The van der Waals surface area contributed by atoms with Gasteiger partial charge in [-0.1, -0.05) is 27.5 Å². The van der Waals surface area contributed by atoms with Crippen LogP contribution in [0.25, 0.3) is 0 Å². The van der Waals surface area contributed by atoms with Crippen molar-refractivity contribution in [2.45, 2.75) is 6.73 Å². The number of halogens is 2. The minimum atomic E-state index is -0.536. The molecule has 1 aromatic carbocycles. The molecule has 0 atom stereocenters. The van der Waals surface area contributed by atoms with Crippen molar-refractivity contribution in [1.82, 2.24) is 15.1 Å². The van der Waals surface area contributed by atoms with Gasteiger partial charge in [0.25, 0.3) is 5.91 Å². The Morgan fingerprint density at radius 1 is 1.39 bits per heavy atom. The van der Waals surface area contributed by atoms with E-state index >= 15 is 0 Å². The summed E-state index contributed by atoms with van der Waals surface area (Å²) in [5.74, 6) is -0.510. The summed E-state index contributed by atoms with van der Waals surface area (Å²) >= 11 is 9.35. The van der Waals surface area contributed by atoms with E-state index in [1.807, 2.05) is 0 Å². The smallest absolute Gasteiger partial charge is 0.325 e. The van der Waals surface area contributed by atoms with Crippen LogP contribution in [0.1, 0.15) is 10.5 Å². The third-order valence-electron chi connectivity index (χ3n) is 2.74. The lowest BCUT2D eigenvalue weighted by atomic mass is 10.3. The lowest BCUT2D eigenvalue weighted by molar-refractivity contribution is -0.139. The molecule has 0 aliphatic heterocycles. The number of hydrogen-bond donors (Lipinski definition) is 1. The van der Waals surface area contributed by atoms with Gasteiger partial charge in [0.2, 0.25) is 0 Å². The van der Waals surface area contributed by atoms with Gasteiger partial charge in [0.15, 0.2) is 6.73 Å². The molecule has 0 aliphatic carbocycles. The molecule has 1 aromatic heterocycles. The van der Waals surface area contributed by atoms with Gasteiger partial charge >= 0.3 is 5.97 Å². The van der Waals surface area contributed by atoms with Gasteiger partial charge in [0.1, 0.15) is 18.0 Å². The molecule has 23 heavy (non-hydrogen) atoms. The SMILES string of the molecule is COC(=O)CNC(=O)c1ccn(COc2ccc(Br)cc2Cl)n1. The van der Waals surface area contributed by atoms with Crippen LogP contribution in [0.2, 0.25) is 5.02 Å². The quantitative estimate of drug-likeness (QED) is 0.749. The van der Waals surface area contributed by atoms with Gasteiger partial charge in [-0.05, 0) is 24.3 Å². The molecule has 122 valence electrons. The number of rotatable bonds is 6. The molecule has 0 aliphatic rings. The number of aromatic nitrogens is 2. The van der Waals surface area contributed by atoms with E-state index in [0.717, 1.165) is 4.47 Å². The van der Waals surface area contributed by atoms with E-state index in [1.54, 1.807) is 24.4 Å². The highest BCUT2D eigenvalue weighted by Gasteiger charge is 2.11. The van der Waals surface area contributed by atoms with E-state index in [2.05, 4.69) is 31.1 Å². The Hall–Kier alpha value is -2.06. The maximum atomic E-state index is 11.8. The van der Waals surface area contributed by atoms with Crippen LogP contribution >= 0.6 is 27.5 Å². The molecular weight excluding hydrogens is 390 g/mol. The Morgan fingerprint density at radius 2 is 2.17 bits per heavy atom. The average molecular weight is 403 g/mol. The Balaban J connectivity index is 1.91. The summed E-state index contributed by atoms with van der Waals surface area (Å²) in [6.45, 7) is -0.126. The van der Waals surface area contributed by atoms with Crippen LogP contribution in [0.5, 0.6) is 5.75 Å². The number of benzene rings is 1. The van der Waals surface area contributed by atoms with E-state index in [0.29, 0.717) is 10.8 Å². The van der Waals surface area contributed by atoms with Crippen molar-refractivity contribution in [3.8, 4) is 5.75 Å². The first-order chi connectivity index (χ1) is 11.0. The number of carbonyl (C=O) groups excluding carboxylic acids is 2. The zero-order chi connectivity index (χ0) is 16.8. The molecule has 1 heterocycles. The van der Waals surface area contributed by atoms with Gasteiger partial charge in [-0.25, -0.2) is 4.68 Å². The second-order valence-corrected chi connectivity index (χ2v) is 5.67. The highest BCUT2D eigenvalue weighted by atomic mass is 79.9. The van der Waals surface area contributed by atoms with Gasteiger partial charge in [-0.2, -0.15) is 5.10 Å². The third-order valence-corrected chi connectivity index (χ3v) is 3.53. The van der Waals surface area contributed by atoms with E-state index in [1.165, 1.54) is 17.9 Å². The molecule has 1 N–H and O–H groups in total. The predicted octanol–water partition coefficient (Wildman–Crippen LogP) is 2.24. The summed E-state index contributed by atoms with van der Waals surface area (Å²) < 4.78 is 12.2. The second kappa shape index (κ2) is 7.98. The van der Waals surface area contributed by atoms with Crippen molar-refractivity contribution >= 4 is 39.4 Å². The number of carbonyl (C=O) groups is 2. The zero-order valence-electron chi connectivity index (χ0n) is 12.1. The summed E-state index contributed by atoms with van der Waals surface area (Å²) in [4.78, 5) is 22.8. The fourth-order valence-corrected chi connectivity index (χ4v) is 2.33. The van der Waals surface area contributed by atoms with Crippen molar-refractivity contribution in [1.29, 1.82) is 0 Å². The number of esters is 1. The molecule has 7 nitrogen and oxygen atoms in total. The first-order valence-corrected chi connectivity index (χ1v) is 7.63. The van der Waals surface area contributed by atoms with Crippen LogP contribution in [0.4, 0.5) is 0 Å². The Morgan fingerprint density at radius 3 is 2.87 bits per heavy atom. The molecule has 0 unspecified atom stereocenters. The van der Waals surface area contributed by atoms with Gasteiger partial charge in [-0.3, -0.25) is 9.59 Å². The number of hydrogen-bond acceptors (Lipinski definition) is 5. The number of nitrogens with zero attached hydrogens (tertiary/aromatic N) is 2. The fraction of sp³-hybridized carbons (Fsp3) is 0.214. The van der Waals surface area contributed by atoms with E-state index in [-0.39, 0.29) is 19.0 Å². The van der Waals surface area contributed by atoms with Gasteiger partial charge in [-0.15, -0.1) is 0 Å². The van der Waals surface area contributed by atoms with Crippen LogP contribution in [-0.2, 0) is 16.3 Å². The fourth-order valence-electron chi connectivity index (χ4n) is 1.60. The number of methoxy groups -OCH3 is 1. The minimum Gasteiger partial charge on any atom is -0.470 e. The molecule has 0 radical (unpaired) electrons. The van der Waals surface area contributed by atoms with Gasteiger partial charge in [0.05, 0.1) is 12.1 Å². The van der Waals surface area contributed by atoms with Crippen molar-refractivity contribution in [2.24, 2.45) is 0 Å². The number of ether oxygens (including phenoxy) is 2. The highest BCUT2D eigenvalue weighted by molar-refractivity contribution is 9.10. The molecule has 0 bridgehead atoms. The molecule has 0 saturated heterocycles. The topological polar surface area (TPSA) is 82.5 Å². The summed E-state index contributed by atoms with van der Waals surface area (Å²) in [6, 6.07) is 6.75. The summed E-state index contributed by atoms with van der Waals surface area (Å²) in [5, 5.41) is 6.91. The number of amides is 1. The maximum Gasteiger partial charge on any atom is 0.325 e. The lowest BCUT2D eigenvalue weighted by Gasteiger charge is -2.08. The Bertz CT molecular complexity index is 720. The standard InChI is InChI=1S/C14H13BrClN3O4/c1-22-13(20)7-17-14(21)11-4-5-19(18-11)8-23-12-3-2-9(15)6-10(12)16/h2-6H,7-8H2,1H3,(H,17,21). The van der Waals surface area contributed by atoms with Crippen LogP contribution < -0.4 is 10.1 Å². The van der Waals surface area contributed by atoms with Crippen molar-refractivity contribution in [3.63, 3.8) is 0 Å². The molecule has 0 fully saturated rings. The zero-order valence-corrected chi connectivity index (χ0v) is 14.4. The highest BCUT2D eigenvalue weighted by Crippen LogP contribution is 2.27. The van der Waals surface area contributed by atoms with Crippen LogP contribution in [0.3, 0.4) is 0 Å². The van der Waals surface area contributed by atoms with Gasteiger partial charge < -0.3 is 14.8 Å².